The number of carbonyl (C=O) groups is 2. The summed E-state index contributed by atoms with van der Waals surface area (Å²) in [7, 11) is 0. The van der Waals surface area contributed by atoms with Crippen molar-refractivity contribution in [2.45, 2.75) is 19.4 Å². The molecule has 1 atom stereocenters. The Kier molecular flexibility index (Phi) is 5.23. The monoisotopic (exact) mass is 424 g/mol. The van der Waals surface area contributed by atoms with Gasteiger partial charge >= 0.3 is 0 Å². The molecule has 0 aliphatic rings. The largest absolute Gasteiger partial charge is 0.364 e. The lowest BCUT2D eigenvalue weighted by Crippen LogP contribution is -2.28. The number of fused-ring (bicyclic) bond motifs is 1. The van der Waals surface area contributed by atoms with Crippen LogP contribution in [0.4, 0.5) is 4.39 Å². The molecule has 0 aliphatic carbocycles. The summed E-state index contributed by atoms with van der Waals surface area (Å²) in [6.45, 7) is 1.90. The van der Waals surface area contributed by atoms with Crippen LogP contribution in [0, 0.1) is 5.82 Å². The van der Waals surface area contributed by atoms with Crippen molar-refractivity contribution in [1.29, 1.82) is 0 Å². The second-order valence-corrected chi connectivity index (χ2v) is 7.41. The van der Waals surface area contributed by atoms with E-state index in [1.165, 1.54) is 29.7 Å². The van der Waals surface area contributed by atoms with Crippen LogP contribution in [0.5, 0.6) is 0 Å². The van der Waals surface area contributed by atoms with Crippen molar-refractivity contribution in [1.82, 2.24) is 25.1 Å². The van der Waals surface area contributed by atoms with Gasteiger partial charge in [0.1, 0.15) is 16.5 Å². The number of thiazole rings is 1. The van der Waals surface area contributed by atoms with Crippen molar-refractivity contribution in [3.63, 3.8) is 0 Å². The van der Waals surface area contributed by atoms with Gasteiger partial charge in [-0.05, 0) is 30.7 Å². The van der Waals surface area contributed by atoms with Gasteiger partial charge in [-0.15, -0.1) is 11.3 Å². The van der Waals surface area contributed by atoms with Crippen molar-refractivity contribution in [3.8, 4) is 5.69 Å². The number of benzene rings is 1. The van der Waals surface area contributed by atoms with Gasteiger partial charge in [-0.25, -0.2) is 14.1 Å². The SMILES string of the molecule is CCC(NC(=O)c1cncc2c1cnn2-c1ccc(F)cc1)c1nc(C(N)=O)cs1. The third kappa shape index (κ3) is 3.64. The molecule has 10 heteroatoms. The van der Waals surface area contributed by atoms with Crippen LogP contribution in [0.3, 0.4) is 0 Å². The van der Waals surface area contributed by atoms with Crippen LogP contribution < -0.4 is 11.1 Å². The zero-order chi connectivity index (χ0) is 21.3. The smallest absolute Gasteiger partial charge is 0.268 e. The molecule has 0 aliphatic heterocycles. The Morgan fingerprint density at radius 1 is 1.23 bits per heavy atom. The molecule has 30 heavy (non-hydrogen) atoms. The minimum absolute atomic E-state index is 0.173. The average molecular weight is 424 g/mol. The summed E-state index contributed by atoms with van der Waals surface area (Å²) in [5, 5.41) is 10.0. The quantitative estimate of drug-likeness (QED) is 0.494. The molecule has 0 radical (unpaired) electrons. The predicted octanol–water partition coefficient (Wildman–Crippen LogP) is 3.00. The molecule has 0 fully saturated rings. The van der Waals surface area contributed by atoms with Gasteiger partial charge in [0.25, 0.3) is 11.8 Å². The lowest BCUT2D eigenvalue weighted by atomic mass is 10.1. The van der Waals surface area contributed by atoms with Gasteiger partial charge in [0.15, 0.2) is 0 Å². The van der Waals surface area contributed by atoms with Crippen LogP contribution >= 0.6 is 11.3 Å². The highest BCUT2D eigenvalue weighted by Crippen LogP contribution is 2.24. The second kappa shape index (κ2) is 7.99. The summed E-state index contributed by atoms with van der Waals surface area (Å²) in [5.41, 5.74) is 7.06. The molecular formula is C20H17FN6O2S. The summed E-state index contributed by atoms with van der Waals surface area (Å²) in [5.74, 6) is -1.30. The number of primary amides is 1. The molecule has 152 valence electrons. The topological polar surface area (TPSA) is 116 Å². The van der Waals surface area contributed by atoms with E-state index in [-0.39, 0.29) is 23.5 Å². The fourth-order valence-electron chi connectivity index (χ4n) is 3.05. The molecule has 4 rings (SSSR count). The Hall–Kier alpha value is -3.66. The maximum absolute atomic E-state index is 13.2. The summed E-state index contributed by atoms with van der Waals surface area (Å²) in [4.78, 5) is 32.7. The van der Waals surface area contributed by atoms with Crippen molar-refractivity contribution in [2.24, 2.45) is 5.73 Å². The molecule has 3 aromatic heterocycles. The first-order valence-corrected chi connectivity index (χ1v) is 9.99. The molecule has 0 bridgehead atoms. The first kappa shape index (κ1) is 19.6. The molecule has 0 saturated carbocycles. The molecule has 3 N–H and O–H groups in total. The molecule has 2 amide bonds. The highest BCUT2D eigenvalue weighted by Gasteiger charge is 2.21. The van der Waals surface area contributed by atoms with Crippen LogP contribution in [0.2, 0.25) is 0 Å². The number of amides is 2. The van der Waals surface area contributed by atoms with Crippen molar-refractivity contribution < 1.29 is 14.0 Å². The van der Waals surface area contributed by atoms with Gasteiger partial charge in [-0.2, -0.15) is 5.10 Å². The maximum atomic E-state index is 13.2. The normalized spacial score (nSPS) is 12.1. The van der Waals surface area contributed by atoms with Crippen LogP contribution in [0.25, 0.3) is 16.6 Å². The number of nitrogens with zero attached hydrogens (tertiary/aromatic N) is 4. The van der Waals surface area contributed by atoms with E-state index in [2.05, 4.69) is 20.4 Å². The van der Waals surface area contributed by atoms with E-state index in [1.54, 1.807) is 34.6 Å². The number of nitrogens with one attached hydrogen (secondary N) is 1. The van der Waals surface area contributed by atoms with Gasteiger partial charge in [0, 0.05) is 17.0 Å². The first-order valence-electron chi connectivity index (χ1n) is 9.11. The maximum Gasteiger partial charge on any atom is 0.268 e. The van der Waals surface area contributed by atoms with E-state index in [4.69, 9.17) is 5.73 Å². The number of hydrogen-bond donors (Lipinski definition) is 2. The molecule has 1 aromatic carbocycles. The van der Waals surface area contributed by atoms with Gasteiger partial charge in [0.05, 0.1) is 35.2 Å². The Morgan fingerprint density at radius 2 is 2.00 bits per heavy atom. The predicted molar refractivity (Wildman–Crippen MR) is 110 cm³/mol. The number of aromatic nitrogens is 4. The van der Waals surface area contributed by atoms with E-state index in [0.717, 1.165) is 0 Å². The molecule has 1 unspecified atom stereocenters. The molecule has 0 saturated heterocycles. The highest BCUT2D eigenvalue weighted by molar-refractivity contribution is 7.09. The number of hydrogen-bond acceptors (Lipinski definition) is 6. The van der Waals surface area contributed by atoms with Gasteiger partial charge < -0.3 is 11.1 Å². The van der Waals surface area contributed by atoms with Crippen LogP contribution in [-0.4, -0.2) is 31.6 Å². The van der Waals surface area contributed by atoms with E-state index >= 15 is 0 Å². The van der Waals surface area contributed by atoms with Crippen molar-refractivity contribution in [3.05, 3.63) is 70.3 Å². The zero-order valence-corrected chi connectivity index (χ0v) is 16.7. The van der Waals surface area contributed by atoms with Gasteiger partial charge in [0.2, 0.25) is 0 Å². The summed E-state index contributed by atoms with van der Waals surface area (Å²) >= 11 is 1.26. The van der Waals surface area contributed by atoms with E-state index in [1.807, 2.05) is 6.92 Å². The minimum Gasteiger partial charge on any atom is -0.364 e. The lowest BCUT2D eigenvalue weighted by molar-refractivity contribution is 0.0936. The Labute approximate surface area is 174 Å². The summed E-state index contributed by atoms with van der Waals surface area (Å²) in [6, 6.07) is 5.50. The second-order valence-electron chi connectivity index (χ2n) is 6.52. The van der Waals surface area contributed by atoms with E-state index < -0.39 is 5.91 Å². The van der Waals surface area contributed by atoms with E-state index in [9.17, 15) is 14.0 Å². The van der Waals surface area contributed by atoms with Crippen molar-refractivity contribution >= 4 is 34.1 Å². The molecule has 4 aromatic rings. The number of rotatable bonds is 6. The molecular weight excluding hydrogens is 407 g/mol. The fourth-order valence-corrected chi connectivity index (χ4v) is 3.99. The zero-order valence-electron chi connectivity index (χ0n) is 15.9. The standard InChI is InChI=1S/C20H17FN6O2S/c1-2-15(20-26-16(10-30-20)18(22)28)25-19(29)14-7-23-9-17-13(14)8-24-27(17)12-5-3-11(21)4-6-12/h3-10,15H,2H2,1H3,(H2,22,28)(H,25,29). The van der Waals surface area contributed by atoms with Crippen LogP contribution in [0.1, 0.15) is 45.2 Å². The summed E-state index contributed by atoms with van der Waals surface area (Å²) < 4.78 is 14.8. The average Bonchev–Trinajstić information content (AvgIpc) is 3.40. The van der Waals surface area contributed by atoms with Crippen LogP contribution in [0.15, 0.2) is 48.2 Å². The minimum atomic E-state index is -0.610. The lowest BCUT2D eigenvalue weighted by Gasteiger charge is -2.14. The molecule has 8 nitrogen and oxygen atoms in total. The van der Waals surface area contributed by atoms with E-state index in [0.29, 0.717) is 33.6 Å². The van der Waals surface area contributed by atoms with Crippen LogP contribution in [-0.2, 0) is 0 Å². The first-order chi connectivity index (χ1) is 14.5. The number of nitrogens with two attached hydrogens (primary N) is 1. The third-order valence-electron chi connectivity index (χ3n) is 4.60. The third-order valence-corrected chi connectivity index (χ3v) is 5.56. The Bertz CT molecular complexity index is 1230. The van der Waals surface area contributed by atoms with Crippen molar-refractivity contribution in [2.75, 3.05) is 0 Å². The highest BCUT2D eigenvalue weighted by atomic mass is 32.1. The Morgan fingerprint density at radius 3 is 2.67 bits per heavy atom. The number of halogens is 1. The summed E-state index contributed by atoms with van der Waals surface area (Å²) in [6.07, 6.45) is 5.22. The van der Waals surface area contributed by atoms with Gasteiger partial charge in [-0.1, -0.05) is 6.92 Å². The number of pyridine rings is 1. The van der Waals surface area contributed by atoms with Gasteiger partial charge in [-0.3, -0.25) is 14.6 Å². The Balaban J connectivity index is 1.64. The molecule has 0 spiro atoms. The fraction of sp³-hybridized carbons (Fsp3) is 0.150. The number of carbonyl (C=O) groups excluding carboxylic acids is 2. The molecule has 3 heterocycles.